The van der Waals surface area contributed by atoms with Crippen molar-refractivity contribution < 1.29 is 32.9 Å². The van der Waals surface area contributed by atoms with Gasteiger partial charge in [-0.2, -0.15) is 0 Å². The number of hydrogen-bond donors (Lipinski definition) is 0. The van der Waals surface area contributed by atoms with Crippen LogP contribution >= 0.6 is 23.2 Å². The van der Waals surface area contributed by atoms with E-state index in [0.717, 1.165) is 42.6 Å². The molecule has 0 saturated carbocycles. The van der Waals surface area contributed by atoms with Gasteiger partial charge in [-0.25, -0.2) is 14.0 Å². The summed E-state index contributed by atoms with van der Waals surface area (Å²) in [6.07, 6.45) is 3.57. The standard InChI is InChI=1S/C43H40Cl2FN3O6/c1-52-38-15-14-32(21-40(38)53-2)39(22-33-34(44)23-47-24-35(33)45)54-42(50)30-12-10-28(11-13-30)31-7-5-6-27(20-31)25-49(37-9-4-3-8-36(37)46)43(51)55-41-26-48-18-16-29(41)17-19-48/h3-15,20-21,23-24,29,39,41H,16-19,22,25-26H2,1-2H3/t39-,41-/m0/s1. The second-order valence-corrected chi connectivity index (χ2v) is 14.5. The summed E-state index contributed by atoms with van der Waals surface area (Å²) in [5, 5.41) is 0.701. The monoisotopic (exact) mass is 783 g/mol. The van der Waals surface area contributed by atoms with Gasteiger partial charge in [-0.15, -0.1) is 0 Å². The molecule has 3 saturated heterocycles. The highest BCUT2D eigenvalue weighted by Crippen LogP contribution is 2.36. The number of halogens is 3. The minimum absolute atomic E-state index is 0.0994. The number of aromatic nitrogens is 1. The maximum Gasteiger partial charge on any atom is 0.415 e. The molecule has 9 nitrogen and oxygen atoms in total. The average molecular weight is 785 g/mol. The van der Waals surface area contributed by atoms with Gasteiger partial charge >= 0.3 is 12.1 Å². The number of carbonyl (C=O) groups excluding carboxylic acids is 2. The fraction of sp³-hybridized carbons (Fsp3) is 0.279. The molecule has 12 heteroatoms. The molecule has 3 aliphatic rings. The van der Waals surface area contributed by atoms with Crippen LogP contribution in [0.3, 0.4) is 0 Å². The van der Waals surface area contributed by atoms with E-state index < -0.39 is 24.0 Å². The van der Waals surface area contributed by atoms with Crippen LogP contribution in [0.2, 0.25) is 10.0 Å². The van der Waals surface area contributed by atoms with Crippen LogP contribution in [0.1, 0.15) is 46.0 Å². The van der Waals surface area contributed by atoms with Gasteiger partial charge in [-0.3, -0.25) is 14.8 Å². The van der Waals surface area contributed by atoms with Crippen LogP contribution in [0, 0.1) is 11.7 Å². The zero-order valence-electron chi connectivity index (χ0n) is 30.4. The van der Waals surface area contributed by atoms with Crippen molar-refractivity contribution in [1.29, 1.82) is 0 Å². The number of benzene rings is 4. The molecule has 284 valence electrons. The lowest BCUT2D eigenvalue weighted by molar-refractivity contribution is -0.0311. The van der Waals surface area contributed by atoms with Gasteiger partial charge in [0.05, 0.1) is 42.1 Å². The lowest BCUT2D eigenvalue weighted by atomic mass is 9.86. The van der Waals surface area contributed by atoms with Crippen molar-refractivity contribution in [2.24, 2.45) is 5.92 Å². The minimum Gasteiger partial charge on any atom is -0.493 e. The Hall–Kier alpha value is -5.16. The molecule has 2 atom stereocenters. The molecule has 3 fully saturated rings. The van der Waals surface area contributed by atoms with E-state index in [1.54, 1.807) is 55.6 Å². The largest absolute Gasteiger partial charge is 0.493 e. The molecule has 3 aliphatic heterocycles. The zero-order chi connectivity index (χ0) is 38.5. The van der Waals surface area contributed by atoms with Crippen LogP contribution in [-0.2, 0) is 22.4 Å². The molecule has 8 rings (SSSR count). The van der Waals surface area contributed by atoms with Crippen molar-refractivity contribution in [3.8, 4) is 22.6 Å². The van der Waals surface area contributed by atoms with Crippen LogP contribution in [0.25, 0.3) is 11.1 Å². The van der Waals surface area contributed by atoms with Crippen molar-refractivity contribution in [1.82, 2.24) is 9.88 Å². The number of esters is 1. The van der Waals surface area contributed by atoms with E-state index in [0.29, 0.717) is 50.7 Å². The Morgan fingerprint density at radius 3 is 2.27 bits per heavy atom. The number of anilines is 1. The summed E-state index contributed by atoms with van der Waals surface area (Å²) in [4.78, 5) is 35.1. The van der Waals surface area contributed by atoms with E-state index in [9.17, 15) is 9.59 Å². The smallest absolute Gasteiger partial charge is 0.415 e. The molecule has 0 aliphatic carbocycles. The van der Waals surface area contributed by atoms with Crippen LogP contribution < -0.4 is 14.4 Å². The number of nitrogens with zero attached hydrogens (tertiary/aromatic N) is 3. The molecule has 0 unspecified atom stereocenters. The number of para-hydroxylation sites is 1. The van der Waals surface area contributed by atoms with Crippen LogP contribution in [0.4, 0.5) is 14.9 Å². The van der Waals surface area contributed by atoms with Crippen molar-refractivity contribution in [3.63, 3.8) is 0 Å². The second kappa shape index (κ2) is 17.1. The first-order valence-corrected chi connectivity index (χ1v) is 18.8. The Kier molecular flexibility index (Phi) is 11.9. The number of fused-ring (bicyclic) bond motifs is 3. The van der Waals surface area contributed by atoms with E-state index in [1.165, 1.54) is 30.5 Å². The molecule has 0 spiro atoms. The van der Waals surface area contributed by atoms with Gasteiger partial charge in [0.2, 0.25) is 0 Å². The molecular weight excluding hydrogens is 744 g/mol. The normalized spacial score (nSPS) is 17.9. The maximum absolute atomic E-state index is 15.1. The molecule has 4 aromatic carbocycles. The molecule has 5 aromatic rings. The summed E-state index contributed by atoms with van der Waals surface area (Å²) in [5.41, 5.74) is 4.18. The summed E-state index contributed by atoms with van der Waals surface area (Å²) >= 11 is 12.9. The second-order valence-electron chi connectivity index (χ2n) is 13.7. The summed E-state index contributed by atoms with van der Waals surface area (Å²) in [5.74, 6) is 0.258. The van der Waals surface area contributed by atoms with Gasteiger partial charge in [0.1, 0.15) is 18.0 Å². The summed E-state index contributed by atoms with van der Waals surface area (Å²) in [6.45, 7) is 2.83. The van der Waals surface area contributed by atoms with E-state index >= 15 is 4.39 Å². The number of hydrogen-bond acceptors (Lipinski definition) is 8. The number of methoxy groups -OCH3 is 2. The van der Waals surface area contributed by atoms with E-state index in [1.807, 2.05) is 36.4 Å². The lowest BCUT2D eigenvalue weighted by Gasteiger charge is -2.44. The lowest BCUT2D eigenvalue weighted by Crippen LogP contribution is -2.53. The number of pyridine rings is 1. The average Bonchev–Trinajstić information content (AvgIpc) is 3.21. The first-order chi connectivity index (χ1) is 26.7. The number of carbonyl (C=O) groups is 2. The third-order valence-electron chi connectivity index (χ3n) is 10.3. The number of ether oxygens (including phenoxy) is 4. The van der Waals surface area contributed by atoms with Gasteiger partial charge in [0, 0.05) is 25.4 Å². The number of piperidine rings is 3. The first-order valence-electron chi connectivity index (χ1n) is 18.1. The molecular formula is C43H40Cl2FN3O6. The van der Waals surface area contributed by atoms with Gasteiger partial charge < -0.3 is 18.9 Å². The van der Waals surface area contributed by atoms with E-state index in [-0.39, 0.29) is 24.8 Å². The summed E-state index contributed by atoms with van der Waals surface area (Å²) in [7, 11) is 3.07. The molecule has 1 aromatic heterocycles. The van der Waals surface area contributed by atoms with Crippen molar-refractivity contribution in [2.45, 2.75) is 38.0 Å². The first kappa shape index (κ1) is 38.1. The third-order valence-corrected chi connectivity index (χ3v) is 11.0. The Labute approximate surface area is 329 Å². The van der Waals surface area contributed by atoms with Crippen molar-refractivity contribution in [2.75, 3.05) is 38.8 Å². The van der Waals surface area contributed by atoms with Gasteiger partial charge in [-0.1, -0.05) is 71.7 Å². The van der Waals surface area contributed by atoms with Gasteiger partial charge in [0.15, 0.2) is 11.5 Å². The molecule has 1 amide bonds. The molecule has 0 N–H and O–H groups in total. The Bertz CT molecular complexity index is 2140. The Morgan fingerprint density at radius 1 is 0.873 bits per heavy atom. The minimum atomic E-state index is -0.782. The summed E-state index contributed by atoms with van der Waals surface area (Å²) in [6, 6.07) is 26.2. The van der Waals surface area contributed by atoms with Crippen LogP contribution in [0.15, 0.2) is 103 Å². The Balaban J connectivity index is 1.09. The quantitative estimate of drug-likeness (QED) is 0.116. The van der Waals surface area contributed by atoms with Gasteiger partial charge in [-0.05, 0) is 102 Å². The topological polar surface area (TPSA) is 90.4 Å². The third kappa shape index (κ3) is 8.72. The predicted molar refractivity (Wildman–Crippen MR) is 210 cm³/mol. The highest BCUT2D eigenvalue weighted by molar-refractivity contribution is 6.35. The van der Waals surface area contributed by atoms with Crippen LogP contribution in [-0.4, -0.2) is 61.9 Å². The summed E-state index contributed by atoms with van der Waals surface area (Å²) < 4.78 is 38.2. The van der Waals surface area contributed by atoms with Crippen molar-refractivity contribution in [3.05, 3.63) is 142 Å². The molecule has 55 heavy (non-hydrogen) atoms. The molecule has 2 bridgehead atoms. The van der Waals surface area contributed by atoms with E-state index in [2.05, 4.69) is 9.88 Å². The molecule has 0 radical (unpaired) electrons. The SMILES string of the molecule is COc1ccc([C@H](Cc2c(Cl)cncc2Cl)OC(=O)c2ccc(-c3cccc(CN(C(=O)O[C@H]4CN5CCC4CC5)c4ccccc4F)c3)cc2)cc1OC. The fourth-order valence-electron chi connectivity index (χ4n) is 7.28. The van der Waals surface area contributed by atoms with Crippen molar-refractivity contribution >= 4 is 41.0 Å². The molecule has 4 heterocycles. The van der Waals surface area contributed by atoms with E-state index in [4.69, 9.17) is 42.1 Å². The highest BCUT2D eigenvalue weighted by atomic mass is 35.5. The Morgan fingerprint density at radius 2 is 1.60 bits per heavy atom. The fourth-order valence-corrected chi connectivity index (χ4v) is 7.80. The van der Waals surface area contributed by atoms with Gasteiger partial charge in [0.25, 0.3) is 0 Å². The number of rotatable bonds is 12. The highest BCUT2D eigenvalue weighted by Gasteiger charge is 2.38. The van der Waals surface area contributed by atoms with Crippen LogP contribution in [0.5, 0.6) is 11.5 Å². The zero-order valence-corrected chi connectivity index (χ0v) is 31.9. The number of amides is 1. The maximum atomic E-state index is 15.1. The predicted octanol–water partition coefficient (Wildman–Crippen LogP) is 9.59.